The standard InChI is InChI=1S/C8H4BrClOS/c9-5-2-8-4(1-6(5)10)7(11)3-12-8/h1-3,11H. The zero-order valence-corrected chi connectivity index (χ0v) is 9.00. The fourth-order valence-electron chi connectivity index (χ4n) is 1.01. The van der Waals surface area contributed by atoms with Crippen LogP contribution in [-0.2, 0) is 0 Å². The molecule has 1 aromatic heterocycles. The summed E-state index contributed by atoms with van der Waals surface area (Å²) in [5.74, 6) is 0.296. The number of hydrogen-bond donors (Lipinski definition) is 1. The Kier molecular flexibility index (Phi) is 2.02. The maximum Gasteiger partial charge on any atom is 0.134 e. The third kappa shape index (κ3) is 1.22. The minimum atomic E-state index is 0.296. The topological polar surface area (TPSA) is 20.2 Å². The van der Waals surface area contributed by atoms with Crippen LogP contribution in [0.3, 0.4) is 0 Å². The van der Waals surface area contributed by atoms with E-state index >= 15 is 0 Å². The van der Waals surface area contributed by atoms with Crippen molar-refractivity contribution in [2.75, 3.05) is 0 Å². The molecule has 4 heteroatoms. The van der Waals surface area contributed by atoms with Crippen LogP contribution in [0.25, 0.3) is 10.1 Å². The van der Waals surface area contributed by atoms with Crippen molar-refractivity contribution in [3.63, 3.8) is 0 Å². The zero-order chi connectivity index (χ0) is 8.72. The molecule has 0 atom stereocenters. The van der Waals surface area contributed by atoms with Crippen molar-refractivity contribution in [2.24, 2.45) is 0 Å². The normalized spacial score (nSPS) is 10.8. The van der Waals surface area contributed by atoms with E-state index in [1.54, 1.807) is 11.4 Å². The van der Waals surface area contributed by atoms with Crippen LogP contribution in [0.2, 0.25) is 5.02 Å². The SMILES string of the molecule is Oc1csc2cc(Br)c(Cl)cc12. The molecular weight excluding hydrogens is 260 g/mol. The molecule has 0 fully saturated rings. The van der Waals surface area contributed by atoms with Crippen LogP contribution in [0.4, 0.5) is 0 Å². The first-order valence-electron chi connectivity index (χ1n) is 3.23. The van der Waals surface area contributed by atoms with Gasteiger partial charge in [0.15, 0.2) is 0 Å². The highest BCUT2D eigenvalue weighted by molar-refractivity contribution is 9.10. The first kappa shape index (κ1) is 8.35. The lowest BCUT2D eigenvalue weighted by molar-refractivity contribution is 0.483. The molecule has 0 aliphatic rings. The van der Waals surface area contributed by atoms with Gasteiger partial charge in [0.1, 0.15) is 5.75 Å². The molecule has 12 heavy (non-hydrogen) atoms. The van der Waals surface area contributed by atoms with E-state index in [-0.39, 0.29) is 0 Å². The van der Waals surface area contributed by atoms with Gasteiger partial charge in [-0.05, 0) is 28.1 Å². The van der Waals surface area contributed by atoms with E-state index in [9.17, 15) is 5.11 Å². The van der Waals surface area contributed by atoms with E-state index in [1.165, 1.54) is 11.3 Å². The van der Waals surface area contributed by atoms with Crippen LogP contribution in [0, 0.1) is 0 Å². The molecule has 0 aliphatic carbocycles. The molecule has 2 rings (SSSR count). The van der Waals surface area contributed by atoms with E-state index in [0.717, 1.165) is 14.6 Å². The molecule has 1 aromatic carbocycles. The number of benzene rings is 1. The van der Waals surface area contributed by atoms with Gasteiger partial charge in [-0.15, -0.1) is 11.3 Å². The Morgan fingerprint density at radius 1 is 1.42 bits per heavy atom. The Morgan fingerprint density at radius 2 is 2.17 bits per heavy atom. The summed E-state index contributed by atoms with van der Waals surface area (Å²) in [5, 5.41) is 12.5. The number of hydrogen-bond acceptors (Lipinski definition) is 2. The smallest absolute Gasteiger partial charge is 0.134 e. The summed E-state index contributed by atoms with van der Waals surface area (Å²) in [7, 11) is 0. The zero-order valence-electron chi connectivity index (χ0n) is 5.84. The van der Waals surface area contributed by atoms with Crippen molar-refractivity contribution in [3.05, 3.63) is 27.0 Å². The molecular formula is C8H4BrClOS. The molecule has 1 nitrogen and oxygen atoms in total. The van der Waals surface area contributed by atoms with Crippen LogP contribution in [0.1, 0.15) is 0 Å². The van der Waals surface area contributed by atoms with Gasteiger partial charge in [0, 0.05) is 19.9 Å². The monoisotopic (exact) mass is 262 g/mol. The highest BCUT2D eigenvalue weighted by Crippen LogP contribution is 2.36. The summed E-state index contributed by atoms with van der Waals surface area (Å²) in [5.41, 5.74) is 0. The Bertz CT molecular complexity index is 438. The molecule has 1 N–H and O–H groups in total. The van der Waals surface area contributed by atoms with Gasteiger partial charge in [-0.1, -0.05) is 11.6 Å². The first-order valence-corrected chi connectivity index (χ1v) is 5.29. The number of thiophene rings is 1. The average molecular weight is 264 g/mol. The van der Waals surface area contributed by atoms with E-state index in [4.69, 9.17) is 11.6 Å². The van der Waals surface area contributed by atoms with Gasteiger partial charge in [0.2, 0.25) is 0 Å². The van der Waals surface area contributed by atoms with E-state index in [2.05, 4.69) is 15.9 Å². The fourth-order valence-corrected chi connectivity index (χ4v) is 2.51. The predicted molar refractivity (Wildman–Crippen MR) is 56.2 cm³/mol. The second-order valence-electron chi connectivity index (χ2n) is 2.38. The lowest BCUT2D eigenvalue weighted by Gasteiger charge is -1.95. The summed E-state index contributed by atoms with van der Waals surface area (Å²) in [6.07, 6.45) is 0. The van der Waals surface area contributed by atoms with E-state index in [1.807, 2.05) is 6.07 Å². The third-order valence-corrected chi connectivity index (χ3v) is 3.73. The maximum atomic E-state index is 9.36. The molecule has 62 valence electrons. The number of aromatic hydroxyl groups is 1. The van der Waals surface area contributed by atoms with Crippen LogP contribution in [0.5, 0.6) is 5.75 Å². The molecule has 0 saturated carbocycles. The molecule has 1 heterocycles. The molecule has 0 spiro atoms. The second kappa shape index (κ2) is 2.91. The minimum Gasteiger partial charge on any atom is -0.506 e. The molecule has 0 radical (unpaired) electrons. The number of rotatable bonds is 0. The average Bonchev–Trinajstić information content (AvgIpc) is 2.35. The van der Waals surface area contributed by atoms with Gasteiger partial charge < -0.3 is 5.11 Å². The Balaban J connectivity index is 2.87. The molecule has 0 aliphatic heterocycles. The van der Waals surface area contributed by atoms with Crippen LogP contribution >= 0.6 is 38.9 Å². The van der Waals surface area contributed by atoms with Gasteiger partial charge in [-0.25, -0.2) is 0 Å². The van der Waals surface area contributed by atoms with Crippen molar-refractivity contribution >= 4 is 49.0 Å². The van der Waals surface area contributed by atoms with E-state index in [0.29, 0.717) is 10.8 Å². The van der Waals surface area contributed by atoms with Crippen molar-refractivity contribution in [1.82, 2.24) is 0 Å². The predicted octanol–water partition coefficient (Wildman–Crippen LogP) is 4.02. The van der Waals surface area contributed by atoms with Crippen molar-refractivity contribution in [3.8, 4) is 5.75 Å². The second-order valence-corrected chi connectivity index (χ2v) is 4.56. The van der Waals surface area contributed by atoms with Gasteiger partial charge in [-0.2, -0.15) is 0 Å². The van der Waals surface area contributed by atoms with Crippen molar-refractivity contribution in [2.45, 2.75) is 0 Å². The van der Waals surface area contributed by atoms with Crippen LogP contribution in [-0.4, -0.2) is 5.11 Å². The highest BCUT2D eigenvalue weighted by atomic mass is 79.9. The van der Waals surface area contributed by atoms with Gasteiger partial charge in [-0.3, -0.25) is 0 Å². The number of halogens is 2. The highest BCUT2D eigenvalue weighted by Gasteiger charge is 2.05. The lowest BCUT2D eigenvalue weighted by Crippen LogP contribution is -1.68. The maximum absolute atomic E-state index is 9.36. The van der Waals surface area contributed by atoms with Crippen LogP contribution in [0.15, 0.2) is 22.0 Å². The van der Waals surface area contributed by atoms with Crippen LogP contribution < -0.4 is 0 Å². The molecule has 0 bridgehead atoms. The summed E-state index contributed by atoms with van der Waals surface area (Å²) in [6, 6.07) is 3.66. The molecule has 0 amide bonds. The number of fused-ring (bicyclic) bond motifs is 1. The molecule has 2 aromatic rings. The Labute approximate surface area is 86.7 Å². The Hall–Kier alpha value is -0.250. The van der Waals surface area contributed by atoms with Gasteiger partial charge in [0.05, 0.1) is 5.02 Å². The summed E-state index contributed by atoms with van der Waals surface area (Å²) in [4.78, 5) is 0. The fraction of sp³-hybridized carbons (Fsp3) is 0. The Morgan fingerprint density at radius 3 is 2.92 bits per heavy atom. The van der Waals surface area contributed by atoms with Crippen molar-refractivity contribution < 1.29 is 5.11 Å². The molecule has 0 unspecified atom stereocenters. The summed E-state index contributed by atoms with van der Waals surface area (Å²) >= 11 is 10.7. The summed E-state index contributed by atoms with van der Waals surface area (Å²) in [6.45, 7) is 0. The first-order chi connectivity index (χ1) is 5.68. The molecule has 0 saturated heterocycles. The lowest BCUT2D eigenvalue weighted by atomic mass is 10.2. The third-order valence-electron chi connectivity index (χ3n) is 1.60. The van der Waals surface area contributed by atoms with Gasteiger partial charge >= 0.3 is 0 Å². The minimum absolute atomic E-state index is 0.296. The summed E-state index contributed by atoms with van der Waals surface area (Å²) < 4.78 is 1.89. The quantitative estimate of drug-likeness (QED) is 0.761. The van der Waals surface area contributed by atoms with Gasteiger partial charge in [0.25, 0.3) is 0 Å². The van der Waals surface area contributed by atoms with Crippen molar-refractivity contribution in [1.29, 1.82) is 0 Å². The van der Waals surface area contributed by atoms with E-state index < -0.39 is 0 Å². The largest absolute Gasteiger partial charge is 0.506 e.